The lowest BCUT2D eigenvalue weighted by Crippen LogP contribution is -2.32. The SMILES string of the molecule is COCCCOc1cc(C[C@@H](C/C=C/C[C@H](C(=O)N(C)C)C(C)C)C(C)C)ccc1OC. The summed E-state index contributed by atoms with van der Waals surface area (Å²) in [5.74, 6) is 3.20. The highest BCUT2D eigenvalue weighted by atomic mass is 16.5. The molecule has 0 saturated carbocycles. The minimum absolute atomic E-state index is 0.0400. The second-order valence-corrected chi connectivity index (χ2v) is 9.41. The number of methoxy groups -OCH3 is 2. The van der Waals surface area contributed by atoms with Gasteiger partial charge in [-0.1, -0.05) is 45.9 Å². The van der Waals surface area contributed by atoms with Crippen LogP contribution in [0.4, 0.5) is 0 Å². The van der Waals surface area contributed by atoms with E-state index in [4.69, 9.17) is 14.2 Å². The Morgan fingerprint density at radius 2 is 1.66 bits per heavy atom. The molecule has 1 aromatic carbocycles. The van der Waals surface area contributed by atoms with Crippen LogP contribution in [-0.2, 0) is 16.0 Å². The van der Waals surface area contributed by atoms with Crippen LogP contribution in [0, 0.1) is 23.7 Å². The van der Waals surface area contributed by atoms with Crippen molar-refractivity contribution in [3.8, 4) is 11.5 Å². The van der Waals surface area contributed by atoms with Crippen molar-refractivity contribution in [3.63, 3.8) is 0 Å². The largest absolute Gasteiger partial charge is 0.493 e. The molecule has 5 heteroatoms. The van der Waals surface area contributed by atoms with Crippen LogP contribution in [0.5, 0.6) is 11.5 Å². The number of carbonyl (C=O) groups excluding carboxylic acids is 1. The molecule has 0 heterocycles. The number of ether oxygens (including phenoxy) is 3. The third-order valence-corrected chi connectivity index (χ3v) is 5.98. The molecule has 1 amide bonds. The number of benzene rings is 1. The van der Waals surface area contributed by atoms with E-state index >= 15 is 0 Å². The minimum Gasteiger partial charge on any atom is -0.493 e. The van der Waals surface area contributed by atoms with Crippen molar-refractivity contribution in [2.45, 2.75) is 53.4 Å². The average Bonchev–Trinajstić information content (AvgIpc) is 2.75. The van der Waals surface area contributed by atoms with E-state index in [0.29, 0.717) is 31.0 Å². The van der Waals surface area contributed by atoms with E-state index in [2.05, 4.69) is 52.0 Å². The van der Waals surface area contributed by atoms with Crippen molar-refractivity contribution in [1.29, 1.82) is 0 Å². The summed E-state index contributed by atoms with van der Waals surface area (Å²) in [5, 5.41) is 0. The molecule has 0 bridgehead atoms. The summed E-state index contributed by atoms with van der Waals surface area (Å²) >= 11 is 0. The lowest BCUT2D eigenvalue weighted by atomic mass is 9.85. The molecule has 0 unspecified atom stereocenters. The zero-order valence-corrected chi connectivity index (χ0v) is 21.5. The smallest absolute Gasteiger partial charge is 0.225 e. The Morgan fingerprint density at radius 3 is 2.22 bits per heavy atom. The predicted molar refractivity (Wildman–Crippen MR) is 132 cm³/mol. The molecule has 1 aromatic rings. The van der Waals surface area contributed by atoms with Crippen LogP contribution in [0.25, 0.3) is 0 Å². The Morgan fingerprint density at radius 1 is 0.969 bits per heavy atom. The predicted octanol–water partition coefficient (Wildman–Crippen LogP) is 5.62. The van der Waals surface area contributed by atoms with Gasteiger partial charge in [0.05, 0.1) is 13.7 Å². The van der Waals surface area contributed by atoms with E-state index in [-0.39, 0.29) is 11.8 Å². The van der Waals surface area contributed by atoms with Crippen molar-refractivity contribution < 1.29 is 19.0 Å². The number of nitrogens with zero attached hydrogens (tertiary/aromatic N) is 1. The third-order valence-electron chi connectivity index (χ3n) is 5.98. The number of carbonyl (C=O) groups is 1. The molecule has 5 nitrogen and oxygen atoms in total. The first-order valence-electron chi connectivity index (χ1n) is 11.9. The molecule has 0 aliphatic carbocycles. The normalized spacial score (nSPS) is 13.6. The fourth-order valence-electron chi connectivity index (χ4n) is 3.74. The van der Waals surface area contributed by atoms with Crippen LogP contribution in [0.2, 0.25) is 0 Å². The van der Waals surface area contributed by atoms with Gasteiger partial charge in [0.15, 0.2) is 11.5 Å². The van der Waals surface area contributed by atoms with E-state index in [1.807, 2.05) is 20.2 Å². The molecule has 182 valence electrons. The van der Waals surface area contributed by atoms with Gasteiger partial charge in [-0.15, -0.1) is 0 Å². The fourth-order valence-corrected chi connectivity index (χ4v) is 3.74. The topological polar surface area (TPSA) is 48.0 Å². The van der Waals surface area contributed by atoms with Crippen molar-refractivity contribution in [3.05, 3.63) is 35.9 Å². The van der Waals surface area contributed by atoms with Crippen molar-refractivity contribution in [2.75, 3.05) is 41.5 Å². The van der Waals surface area contributed by atoms with Gasteiger partial charge in [-0.2, -0.15) is 0 Å². The van der Waals surface area contributed by atoms with Crippen LogP contribution in [0.1, 0.15) is 52.5 Å². The van der Waals surface area contributed by atoms with Crippen molar-refractivity contribution in [2.24, 2.45) is 23.7 Å². The monoisotopic (exact) mass is 447 g/mol. The maximum Gasteiger partial charge on any atom is 0.225 e. The molecule has 0 aliphatic rings. The van der Waals surface area contributed by atoms with Crippen LogP contribution in [0.3, 0.4) is 0 Å². The van der Waals surface area contributed by atoms with Crippen LogP contribution in [-0.4, -0.2) is 52.3 Å². The molecule has 1 rings (SSSR count). The van der Waals surface area contributed by atoms with Gasteiger partial charge in [0.25, 0.3) is 0 Å². The number of amides is 1. The Balaban J connectivity index is 2.78. The molecular formula is C27H45NO4. The minimum atomic E-state index is 0.0400. The zero-order chi connectivity index (χ0) is 24.1. The average molecular weight is 448 g/mol. The van der Waals surface area contributed by atoms with E-state index in [1.165, 1.54) is 5.56 Å². The summed E-state index contributed by atoms with van der Waals surface area (Å²) in [4.78, 5) is 14.1. The first-order valence-corrected chi connectivity index (χ1v) is 11.9. The summed E-state index contributed by atoms with van der Waals surface area (Å²) in [6.07, 6.45) is 8.06. The van der Waals surface area contributed by atoms with E-state index in [0.717, 1.165) is 37.2 Å². The number of hydrogen-bond acceptors (Lipinski definition) is 4. The summed E-state index contributed by atoms with van der Waals surface area (Å²) in [6, 6.07) is 6.23. The molecule has 2 atom stereocenters. The maximum absolute atomic E-state index is 12.4. The van der Waals surface area contributed by atoms with Crippen LogP contribution >= 0.6 is 0 Å². The second-order valence-electron chi connectivity index (χ2n) is 9.41. The number of hydrogen-bond donors (Lipinski definition) is 0. The molecule has 0 fully saturated rings. The van der Waals surface area contributed by atoms with Gasteiger partial charge in [-0.3, -0.25) is 4.79 Å². The van der Waals surface area contributed by atoms with E-state index in [1.54, 1.807) is 19.1 Å². The van der Waals surface area contributed by atoms with Gasteiger partial charge >= 0.3 is 0 Å². The maximum atomic E-state index is 12.4. The first kappa shape index (κ1) is 28.0. The fraction of sp³-hybridized carbons (Fsp3) is 0.667. The van der Waals surface area contributed by atoms with Crippen LogP contribution < -0.4 is 9.47 Å². The molecule has 0 spiro atoms. The highest BCUT2D eigenvalue weighted by Crippen LogP contribution is 2.31. The Bertz CT molecular complexity index is 697. The highest BCUT2D eigenvalue weighted by molar-refractivity contribution is 5.78. The molecule has 0 N–H and O–H groups in total. The number of rotatable bonds is 15. The lowest BCUT2D eigenvalue weighted by Gasteiger charge is -2.23. The van der Waals surface area contributed by atoms with Crippen molar-refractivity contribution >= 4 is 5.91 Å². The Labute approximate surface area is 196 Å². The summed E-state index contributed by atoms with van der Waals surface area (Å²) in [6.45, 7) is 10.1. The summed E-state index contributed by atoms with van der Waals surface area (Å²) in [5.41, 5.74) is 1.25. The molecule has 32 heavy (non-hydrogen) atoms. The summed E-state index contributed by atoms with van der Waals surface area (Å²) in [7, 11) is 7.04. The zero-order valence-electron chi connectivity index (χ0n) is 21.5. The lowest BCUT2D eigenvalue weighted by molar-refractivity contribution is -0.134. The Kier molecular flexibility index (Phi) is 13.1. The van der Waals surface area contributed by atoms with Gasteiger partial charge in [-0.05, 0) is 54.7 Å². The first-order chi connectivity index (χ1) is 15.2. The Hall–Kier alpha value is -2.01. The molecule has 0 radical (unpaired) electrons. The summed E-state index contributed by atoms with van der Waals surface area (Å²) < 4.78 is 16.5. The van der Waals surface area contributed by atoms with E-state index < -0.39 is 0 Å². The third kappa shape index (κ3) is 9.64. The standard InChI is InChI=1S/C27H45NO4/c1-20(2)23(12-9-10-13-24(21(3)4)27(29)28(5)6)18-22-14-15-25(31-8)26(19-22)32-17-11-16-30-7/h9-10,14-15,19-21,23-24H,11-13,16-18H2,1-8H3/b10-9+/t23-,24+/m1/s1. The van der Waals surface area contributed by atoms with Gasteiger partial charge in [0, 0.05) is 40.2 Å². The number of allylic oxidation sites excluding steroid dienone is 2. The van der Waals surface area contributed by atoms with Crippen LogP contribution in [0.15, 0.2) is 30.4 Å². The molecule has 0 aliphatic heterocycles. The highest BCUT2D eigenvalue weighted by Gasteiger charge is 2.22. The van der Waals surface area contributed by atoms with Crippen molar-refractivity contribution in [1.82, 2.24) is 4.90 Å². The van der Waals surface area contributed by atoms with E-state index in [9.17, 15) is 4.79 Å². The molecular weight excluding hydrogens is 402 g/mol. The van der Waals surface area contributed by atoms with Gasteiger partial charge < -0.3 is 19.1 Å². The van der Waals surface area contributed by atoms with Gasteiger partial charge in [0.2, 0.25) is 5.91 Å². The molecule has 0 aromatic heterocycles. The van der Waals surface area contributed by atoms with Gasteiger partial charge in [0.1, 0.15) is 0 Å². The van der Waals surface area contributed by atoms with Gasteiger partial charge in [-0.25, -0.2) is 0 Å². The second kappa shape index (κ2) is 14.9. The molecule has 0 saturated heterocycles. The quantitative estimate of drug-likeness (QED) is 0.259.